The smallest absolute Gasteiger partial charge is 0.214 e. The van der Waals surface area contributed by atoms with E-state index in [9.17, 15) is 9.18 Å². The molecule has 2 aliphatic rings. The summed E-state index contributed by atoms with van der Waals surface area (Å²) in [6, 6.07) is 13.8. The highest BCUT2D eigenvalue weighted by Crippen LogP contribution is 2.29. The Labute approximate surface area is 228 Å². The zero-order chi connectivity index (χ0) is 26.8. The highest BCUT2D eigenvalue weighted by Gasteiger charge is 2.24. The summed E-state index contributed by atoms with van der Waals surface area (Å²) in [5.41, 5.74) is 3.64. The number of benzene rings is 1. The quantitative estimate of drug-likeness (QED) is 0.275. The van der Waals surface area contributed by atoms with E-state index < -0.39 is 5.82 Å². The minimum atomic E-state index is -0.467. The molecular formula is C29H26FN5O3S. The van der Waals surface area contributed by atoms with Gasteiger partial charge in [0.1, 0.15) is 23.1 Å². The van der Waals surface area contributed by atoms with E-state index in [-0.39, 0.29) is 18.3 Å². The standard InChI is InChI=1S/C29H26FN5O3S/c30-24-12-19(14-31)4-5-21(24)18-38-28-3-1-2-25(32-28)20-6-9-34(10-7-20)16-27-33-29-26(13-23(17-36)39-29)35(27)15-22-8-11-37-22/h1-6,12-13,17,22H,7-11,15-16,18H2. The van der Waals surface area contributed by atoms with Gasteiger partial charge in [0.25, 0.3) is 0 Å². The Balaban J connectivity index is 1.12. The zero-order valence-electron chi connectivity index (χ0n) is 21.2. The first-order valence-corrected chi connectivity index (χ1v) is 13.7. The number of fused-ring (bicyclic) bond motifs is 1. The second-order valence-electron chi connectivity index (χ2n) is 9.66. The van der Waals surface area contributed by atoms with Crippen molar-refractivity contribution in [3.63, 3.8) is 0 Å². The number of imidazole rings is 1. The predicted octanol–water partition coefficient (Wildman–Crippen LogP) is 4.97. The van der Waals surface area contributed by atoms with Gasteiger partial charge in [-0.15, -0.1) is 11.3 Å². The van der Waals surface area contributed by atoms with Gasteiger partial charge in [0.2, 0.25) is 5.88 Å². The number of nitrogens with zero attached hydrogens (tertiary/aromatic N) is 5. The molecule has 0 N–H and O–H groups in total. The van der Waals surface area contributed by atoms with Gasteiger partial charge in [0.05, 0.1) is 46.9 Å². The number of pyridine rings is 1. The lowest BCUT2D eigenvalue weighted by Gasteiger charge is -2.29. The first-order valence-electron chi connectivity index (χ1n) is 12.9. The Morgan fingerprint density at radius 2 is 2.15 bits per heavy atom. The zero-order valence-corrected chi connectivity index (χ0v) is 22.0. The summed E-state index contributed by atoms with van der Waals surface area (Å²) in [6.45, 7) is 3.91. The number of aldehydes is 1. The number of carbonyl (C=O) groups excluding carboxylic acids is 1. The number of halogens is 1. The number of ether oxygens (including phenoxy) is 2. The van der Waals surface area contributed by atoms with Gasteiger partial charge in [0, 0.05) is 31.3 Å². The summed E-state index contributed by atoms with van der Waals surface area (Å²) in [5.74, 6) is 0.948. The molecule has 1 atom stereocenters. The molecule has 0 saturated carbocycles. The van der Waals surface area contributed by atoms with Gasteiger partial charge >= 0.3 is 0 Å². The number of carbonyl (C=O) groups is 1. The van der Waals surface area contributed by atoms with E-state index in [0.717, 1.165) is 72.8 Å². The van der Waals surface area contributed by atoms with Crippen molar-refractivity contribution >= 4 is 33.5 Å². The molecule has 39 heavy (non-hydrogen) atoms. The predicted molar refractivity (Wildman–Crippen MR) is 145 cm³/mol. The third kappa shape index (κ3) is 5.47. The molecule has 4 aromatic rings. The molecule has 0 amide bonds. The Morgan fingerprint density at radius 3 is 2.87 bits per heavy atom. The highest BCUT2D eigenvalue weighted by molar-refractivity contribution is 7.20. The molecule has 10 heteroatoms. The van der Waals surface area contributed by atoms with E-state index in [1.807, 2.05) is 24.3 Å². The van der Waals surface area contributed by atoms with Gasteiger partial charge < -0.3 is 14.0 Å². The molecule has 0 bridgehead atoms. The summed E-state index contributed by atoms with van der Waals surface area (Å²) >= 11 is 1.43. The van der Waals surface area contributed by atoms with E-state index in [2.05, 4.69) is 20.5 Å². The maximum atomic E-state index is 14.2. The fraction of sp³-hybridized carbons (Fsp3) is 0.310. The number of nitriles is 1. The summed E-state index contributed by atoms with van der Waals surface area (Å²) in [5, 5.41) is 8.91. The topological polar surface area (TPSA) is 93.3 Å². The fourth-order valence-corrected chi connectivity index (χ4v) is 5.71. The van der Waals surface area contributed by atoms with E-state index in [1.165, 1.54) is 17.4 Å². The van der Waals surface area contributed by atoms with Crippen LogP contribution in [0.1, 0.15) is 45.2 Å². The van der Waals surface area contributed by atoms with Crippen LogP contribution in [0.15, 0.2) is 48.5 Å². The second-order valence-corrected chi connectivity index (χ2v) is 10.7. The van der Waals surface area contributed by atoms with E-state index >= 15 is 0 Å². The summed E-state index contributed by atoms with van der Waals surface area (Å²) in [4.78, 5) is 24.7. The van der Waals surface area contributed by atoms with Crippen LogP contribution >= 0.6 is 11.3 Å². The molecule has 2 aliphatic heterocycles. The molecule has 1 aromatic carbocycles. The van der Waals surface area contributed by atoms with Gasteiger partial charge in [-0.3, -0.25) is 9.69 Å². The Hall–Kier alpha value is -3.91. The minimum absolute atomic E-state index is 0.0329. The fourth-order valence-electron chi connectivity index (χ4n) is 4.84. The molecule has 198 valence electrons. The molecule has 1 fully saturated rings. The van der Waals surface area contributed by atoms with E-state index in [1.54, 1.807) is 18.2 Å². The molecule has 0 aliphatic carbocycles. The lowest BCUT2D eigenvalue weighted by atomic mass is 10.0. The normalized spacial score (nSPS) is 17.4. The Bertz CT molecular complexity index is 1600. The van der Waals surface area contributed by atoms with Gasteiger partial charge in [-0.05, 0) is 42.7 Å². The SMILES string of the molecule is N#Cc1ccc(COc2cccc(C3=CCN(Cc4nc5sc(C=O)cc5n4CC4CCO4)CC3)n2)c(F)c1. The number of hydrogen-bond acceptors (Lipinski definition) is 8. The summed E-state index contributed by atoms with van der Waals surface area (Å²) in [7, 11) is 0. The molecule has 6 rings (SSSR count). The number of aromatic nitrogens is 3. The van der Waals surface area contributed by atoms with Crippen molar-refractivity contribution in [3.8, 4) is 11.9 Å². The van der Waals surface area contributed by atoms with Crippen molar-refractivity contribution in [2.45, 2.75) is 38.6 Å². The van der Waals surface area contributed by atoms with Gasteiger partial charge in [-0.2, -0.15) is 5.26 Å². The van der Waals surface area contributed by atoms with Crippen LogP contribution in [0.3, 0.4) is 0 Å². The van der Waals surface area contributed by atoms with Crippen molar-refractivity contribution in [1.29, 1.82) is 5.26 Å². The maximum Gasteiger partial charge on any atom is 0.214 e. The van der Waals surface area contributed by atoms with E-state index in [0.29, 0.717) is 22.9 Å². The highest BCUT2D eigenvalue weighted by atomic mass is 32.1. The first-order chi connectivity index (χ1) is 19.1. The van der Waals surface area contributed by atoms with Crippen molar-refractivity contribution in [3.05, 3.63) is 81.9 Å². The third-order valence-electron chi connectivity index (χ3n) is 7.11. The van der Waals surface area contributed by atoms with Crippen LogP contribution in [0.25, 0.3) is 15.9 Å². The lowest BCUT2D eigenvalue weighted by molar-refractivity contribution is -0.0591. The maximum absolute atomic E-state index is 14.2. The Kier molecular flexibility index (Phi) is 7.20. The van der Waals surface area contributed by atoms with Gasteiger partial charge in [0.15, 0.2) is 6.29 Å². The van der Waals surface area contributed by atoms with Crippen LogP contribution in [-0.4, -0.2) is 51.5 Å². The molecule has 0 radical (unpaired) electrons. The number of hydrogen-bond donors (Lipinski definition) is 0. The second kappa shape index (κ2) is 11.1. The number of rotatable bonds is 9. The van der Waals surface area contributed by atoms with Crippen LogP contribution in [0.2, 0.25) is 0 Å². The third-order valence-corrected chi connectivity index (χ3v) is 8.05. The monoisotopic (exact) mass is 543 g/mol. The van der Waals surface area contributed by atoms with Crippen LogP contribution in [0.4, 0.5) is 4.39 Å². The van der Waals surface area contributed by atoms with Crippen LogP contribution < -0.4 is 4.74 Å². The molecule has 5 heterocycles. The molecule has 1 saturated heterocycles. The van der Waals surface area contributed by atoms with Crippen molar-refractivity contribution < 1.29 is 18.7 Å². The molecule has 3 aromatic heterocycles. The van der Waals surface area contributed by atoms with Gasteiger partial charge in [-0.25, -0.2) is 14.4 Å². The Morgan fingerprint density at radius 1 is 1.26 bits per heavy atom. The lowest BCUT2D eigenvalue weighted by Crippen LogP contribution is -2.33. The van der Waals surface area contributed by atoms with Crippen molar-refractivity contribution in [2.24, 2.45) is 0 Å². The molecule has 1 unspecified atom stereocenters. The van der Waals surface area contributed by atoms with Crippen molar-refractivity contribution in [2.75, 3.05) is 19.7 Å². The average Bonchev–Trinajstić information content (AvgIpc) is 3.48. The summed E-state index contributed by atoms with van der Waals surface area (Å²) in [6.07, 6.45) is 5.13. The summed E-state index contributed by atoms with van der Waals surface area (Å²) < 4.78 is 27.8. The van der Waals surface area contributed by atoms with Crippen LogP contribution in [-0.2, 0) is 24.4 Å². The van der Waals surface area contributed by atoms with Crippen molar-refractivity contribution in [1.82, 2.24) is 19.4 Å². The number of thiophene rings is 1. The van der Waals surface area contributed by atoms with Crippen LogP contribution in [0, 0.1) is 17.1 Å². The molecule has 0 spiro atoms. The first kappa shape index (κ1) is 25.4. The van der Waals surface area contributed by atoms with E-state index in [4.69, 9.17) is 19.7 Å². The van der Waals surface area contributed by atoms with Gasteiger partial charge in [-0.1, -0.05) is 18.2 Å². The minimum Gasteiger partial charge on any atom is -0.473 e. The largest absolute Gasteiger partial charge is 0.473 e. The average molecular weight is 544 g/mol. The molecular weight excluding hydrogens is 517 g/mol. The molecule has 8 nitrogen and oxygen atoms in total. The van der Waals surface area contributed by atoms with Crippen LogP contribution in [0.5, 0.6) is 5.88 Å².